The van der Waals surface area contributed by atoms with Gasteiger partial charge in [-0.1, -0.05) is 0 Å². The minimum Gasteiger partial charge on any atom is -0.487 e. The molecule has 96 valence electrons. The van der Waals surface area contributed by atoms with Gasteiger partial charge in [-0.25, -0.2) is 9.37 Å². The fourth-order valence-corrected chi connectivity index (χ4v) is 2.17. The van der Waals surface area contributed by atoms with Crippen LogP contribution in [0.5, 0.6) is 5.75 Å². The van der Waals surface area contributed by atoms with Gasteiger partial charge in [-0.05, 0) is 26.0 Å². The summed E-state index contributed by atoms with van der Waals surface area (Å²) in [4.78, 5) is 4.25. The monoisotopic (exact) mass is 267 g/mol. The zero-order valence-corrected chi connectivity index (χ0v) is 11.0. The number of nitrogens with zero attached hydrogens (tertiary/aromatic N) is 1. The Morgan fingerprint density at radius 3 is 2.83 bits per heavy atom. The molecule has 0 radical (unpaired) electrons. The minimum atomic E-state index is -0.819. The van der Waals surface area contributed by atoms with Gasteiger partial charge in [0, 0.05) is 17.0 Å². The van der Waals surface area contributed by atoms with Crippen molar-refractivity contribution in [3.8, 4) is 5.75 Å². The first-order chi connectivity index (χ1) is 8.56. The molecule has 0 bridgehead atoms. The molecule has 2 rings (SSSR count). The molecule has 1 aromatic carbocycles. The molecule has 0 aliphatic rings. The van der Waals surface area contributed by atoms with E-state index in [4.69, 9.17) is 4.74 Å². The maximum Gasteiger partial charge on any atom is 0.132 e. The van der Waals surface area contributed by atoms with E-state index in [9.17, 15) is 9.50 Å². The van der Waals surface area contributed by atoms with Crippen LogP contribution in [0.3, 0.4) is 0 Å². The van der Waals surface area contributed by atoms with Crippen LogP contribution in [0.25, 0.3) is 0 Å². The summed E-state index contributed by atoms with van der Waals surface area (Å²) in [7, 11) is 0. The van der Waals surface area contributed by atoms with Crippen LogP contribution in [0, 0.1) is 12.7 Å². The highest BCUT2D eigenvalue weighted by Gasteiger charge is 2.09. The van der Waals surface area contributed by atoms with Crippen molar-refractivity contribution in [3.63, 3.8) is 0 Å². The van der Waals surface area contributed by atoms with E-state index in [0.717, 1.165) is 10.7 Å². The van der Waals surface area contributed by atoms with E-state index in [0.29, 0.717) is 12.4 Å². The Labute approximate surface area is 109 Å². The lowest BCUT2D eigenvalue weighted by Crippen LogP contribution is -1.99. The highest BCUT2D eigenvalue weighted by atomic mass is 32.1. The molecule has 0 amide bonds. The van der Waals surface area contributed by atoms with Crippen LogP contribution >= 0.6 is 11.3 Å². The van der Waals surface area contributed by atoms with Gasteiger partial charge in [0.1, 0.15) is 18.2 Å². The van der Waals surface area contributed by atoms with E-state index >= 15 is 0 Å². The average molecular weight is 267 g/mol. The summed E-state index contributed by atoms with van der Waals surface area (Å²) in [5, 5.41) is 12.2. The lowest BCUT2D eigenvalue weighted by Gasteiger charge is -2.09. The van der Waals surface area contributed by atoms with Crippen molar-refractivity contribution in [2.24, 2.45) is 0 Å². The van der Waals surface area contributed by atoms with Gasteiger partial charge in [0.05, 0.1) is 16.8 Å². The standard InChI is InChI=1S/C13H14FNO2S/c1-8(16)12-4-3-11(5-13(12)14)17-6-10-7-18-9(2)15-10/h3-5,7-8,16H,6H2,1-2H3/t8-/m1/s1. The predicted molar refractivity (Wildman–Crippen MR) is 68.2 cm³/mol. The molecule has 0 fully saturated rings. The number of halogens is 1. The van der Waals surface area contributed by atoms with Gasteiger partial charge < -0.3 is 9.84 Å². The number of benzene rings is 1. The quantitative estimate of drug-likeness (QED) is 0.924. The molecule has 1 N–H and O–H groups in total. The summed E-state index contributed by atoms with van der Waals surface area (Å²) in [6.07, 6.45) is -0.819. The van der Waals surface area contributed by atoms with E-state index in [2.05, 4.69) is 4.98 Å². The normalized spacial score (nSPS) is 12.4. The van der Waals surface area contributed by atoms with Gasteiger partial charge >= 0.3 is 0 Å². The van der Waals surface area contributed by atoms with E-state index in [-0.39, 0.29) is 5.56 Å². The molecule has 3 nitrogen and oxygen atoms in total. The van der Waals surface area contributed by atoms with Crippen molar-refractivity contribution in [1.82, 2.24) is 4.98 Å². The van der Waals surface area contributed by atoms with Crippen LogP contribution in [0.4, 0.5) is 4.39 Å². The number of hydrogen-bond acceptors (Lipinski definition) is 4. The third-order valence-electron chi connectivity index (χ3n) is 2.48. The van der Waals surface area contributed by atoms with Crippen LogP contribution in [0.15, 0.2) is 23.6 Å². The topological polar surface area (TPSA) is 42.4 Å². The molecule has 1 aromatic heterocycles. The number of hydrogen-bond donors (Lipinski definition) is 1. The molecular formula is C13H14FNO2S. The van der Waals surface area contributed by atoms with E-state index in [1.807, 2.05) is 12.3 Å². The van der Waals surface area contributed by atoms with Gasteiger partial charge in [0.25, 0.3) is 0 Å². The van der Waals surface area contributed by atoms with Gasteiger partial charge in [-0.15, -0.1) is 11.3 Å². The molecule has 1 heterocycles. The van der Waals surface area contributed by atoms with Crippen molar-refractivity contribution in [3.05, 3.63) is 45.7 Å². The summed E-state index contributed by atoms with van der Waals surface area (Å²) in [5.74, 6) is -0.0282. The van der Waals surface area contributed by atoms with Crippen LogP contribution in [0.2, 0.25) is 0 Å². The number of aliphatic hydroxyl groups is 1. The zero-order valence-electron chi connectivity index (χ0n) is 10.2. The molecule has 1 atom stereocenters. The van der Waals surface area contributed by atoms with Crippen molar-refractivity contribution < 1.29 is 14.2 Å². The smallest absolute Gasteiger partial charge is 0.132 e. The molecule has 0 unspecified atom stereocenters. The molecule has 5 heteroatoms. The van der Waals surface area contributed by atoms with Gasteiger partial charge in [0.15, 0.2) is 0 Å². The summed E-state index contributed by atoms with van der Waals surface area (Å²) < 4.78 is 19.0. The SMILES string of the molecule is Cc1nc(COc2ccc([C@@H](C)O)c(F)c2)cs1. The van der Waals surface area contributed by atoms with Gasteiger partial charge in [-0.2, -0.15) is 0 Å². The Balaban J connectivity index is 2.04. The number of aryl methyl sites for hydroxylation is 1. The molecule has 0 saturated heterocycles. The number of thiazole rings is 1. The van der Waals surface area contributed by atoms with Gasteiger partial charge in [-0.3, -0.25) is 0 Å². The Morgan fingerprint density at radius 2 is 2.28 bits per heavy atom. The highest BCUT2D eigenvalue weighted by Crippen LogP contribution is 2.22. The number of rotatable bonds is 4. The third-order valence-corrected chi connectivity index (χ3v) is 3.30. The number of ether oxygens (including phenoxy) is 1. The maximum atomic E-state index is 13.6. The summed E-state index contributed by atoms with van der Waals surface area (Å²) in [6.45, 7) is 3.76. The third kappa shape index (κ3) is 3.05. The molecular weight excluding hydrogens is 253 g/mol. The van der Waals surface area contributed by atoms with Crippen LogP contribution in [0.1, 0.15) is 29.3 Å². The van der Waals surface area contributed by atoms with Crippen molar-refractivity contribution in [2.75, 3.05) is 0 Å². The molecule has 0 spiro atoms. The fourth-order valence-electron chi connectivity index (χ4n) is 1.57. The van der Waals surface area contributed by atoms with Crippen molar-refractivity contribution in [1.29, 1.82) is 0 Å². The van der Waals surface area contributed by atoms with Crippen LogP contribution < -0.4 is 4.74 Å². The van der Waals surface area contributed by atoms with Crippen molar-refractivity contribution >= 4 is 11.3 Å². The van der Waals surface area contributed by atoms with Crippen LogP contribution in [-0.4, -0.2) is 10.1 Å². The lowest BCUT2D eigenvalue weighted by molar-refractivity contribution is 0.193. The second-order valence-corrected chi connectivity index (χ2v) is 5.07. The Morgan fingerprint density at radius 1 is 1.50 bits per heavy atom. The Kier molecular flexibility index (Phi) is 3.93. The predicted octanol–water partition coefficient (Wildman–Crippen LogP) is 3.22. The number of aliphatic hydroxyl groups excluding tert-OH is 1. The summed E-state index contributed by atoms with van der Waals surface area (Å²) in [5.41, 5.74) is 1.10. The minimum absolute atomic E-state index is 0.270. The first-order valence-electron chi connectivity index (χ1n) is 5.57. The first kappa shape index (κ1) is 13.0. The van der Waals surface area contributed by atoms with E-state index < -0.39 is 11.9 Å². The summed E-state index contributed by atoms with van der Waals surface area (Å²) >= 11 is 1.55. The second-order valence-electron chi connectivity index (χ2n) is 4.01. The highest BCUT2D eigenvalue weighted by molar-refractivity contribution is 7.09. The summed E-state index contributed by atoms with van der Waals surface area (Å²) in [6, 6.07) is 4.45. The maximum absolute atomic E-state index is 13.6. The lowest BCUT2D eigenvalue weighted by atomic mass is 10.1. The van der Waals surface area contributed by atoms with Crippen LogP contribution in [-0.2, 0) is 6.61 Å². The Hall–Kier alpha value is -1.46. The van der Waals surface area contributed by atoms with E-state index in [1.54, 1.807) is 17.4 Å². The zero-order chi connectivity index (χ0) is 13.1. The fraction of sp³-hybridized carbons (Fsp3) is 0.308. The van der Waals surface area contributed by atoms with Crippen molar-refractivity contribution in [2.45, 2.75) is 26.6 Å². The molecule has 2 aromatic rings. The molecule has 18 heavy (non-hydrogen) atoms. The average Bonchev–Trinajstić information content (AvgIpc) is 2.72. The first-order valence-corrected chi connectivity index (χ1v) is 6.45. The molecule has 0 saturated carbocycles. The van der Waals surface area contributed by atoms with Gasteiger partial charge in [0.2, 0.25) is 0 Å². The largest absolute Gasteiger partial charge is 0.487 e. The Bertz CT molecular complexity index is 540. The molecule has 0 aliphatic carbocycles. The molecule has 0 aliphatic heterocycles. The second kappa shape index (κ2) is 5.46. The van der Waals surface area contributed by atoms with E-state index in [1.165, 1.54) is 19.1 Å². The number of aromatic nitrogens is 1.